The predicted octanol–water partition coefficient (Wildman–Crippen LogP) is 1.99. The van der Waals surface area contributed by atoms with Gasteiger partial charge in [0.1, 0.15) is 5.75 Å². The first-order valence-electron chi connectivity index (χ1n) is 9.15. The van der Waals surface area contributed by atoms with Gasteiger partial charge in [0, 0.05) is 11.1 Å². The maximum Gasteiger partial charge on any atom is 0.259 e. The number of carbonyl (C=O) groups excluding carboxylic acids is 2. The van der Waals surface area contributed by atoms with E-state index in [0.29, 0.717) is 40.7 Å². The van der Waals surface area contributed by atoms with Gasteiger partial charge in [-0.05, 0) is 43.3 Å². The number of hydrazone groups is 1. The van der Waals surface area contributed by atoms with Crippen molar-refractivity contribution in [1.82, 2.24) is 10.7 Å². The minimum absolute atomic E-state index is 0.224. The molecule has 30 heavy (non-hydrogen) atoms. The number of nitrogens with one attached hydrogen (secondary N) is 2. The monoisotopic (exact) mass is 415 g/mol. The van der Waals surface area contributed by atoms with Crippen LogP contribution in [0.5, 0.6) is 23.0 Å². The number of methoxy groups -OCH3 is 3. The Morgan fingerprint density at radius 3 is 2.17 bits per heavy atom. The maximum atomic E-state index is 12.1. The molecule has 0 heterocycles. The summed E-state index contributed by atoms with van der Waals surface area (Å²) in [6.45, 7) is 2.20. The second-order valence-electron chi connectivity index (χ2n) is 5.89. The molecule has 0 unspecified atom stereocenters. The molecule has 2 N–H and O–H groups in total. The molecule has 9 nitrogen and oxygen atoms in total. The third kappa shape index (κ3) is 6.13. The number of rotatable bonds is 10. The molecule has 0 aliphatic heterocycles. The Morgan fingerprint density at radius 2 is 1.63 bits per heavy atom. The van der Waals surface area contributed by atoms with E-state index in [-0.39, 0.29) is 12.5 Å². The molecule has 0 aliphatic rings. The molecule has 2 rings (SSSR count). The molecule has 0 saturated carbocycles. The van der Waals surface area contributed by atoms with Crippen LogP contribution in [0.3, 0.4) is 0 Å². The molecule has 0 aromatic heterocycles. The van der Waals surface area contributed by atoms with Crippen molar-refractivity contribution in [1.29, 1.82) is 0 Å². The van der Waals surface area contributed by atoms with Gasteiger partial charge in [-0.15, -0.1) is 0 Å². The van der Waals surface area contributed by atoms with E-state index in [2.05, 4.69) is 15.8 Å². The van der Waals surface area contributed by atoms with E-state index in [1.807, 2.05) is 6.92 Å². The molecule has 2 aromatic rings. The van der Waals surface area contributed by atoms with Crippen LogP contribution in [0.2, 0.25) is 0 Å². The van der Waals surface area contributed by atoms with Crippen molar-refractivity contribution < 1.29 is 28.5 Å². The molecule has 0 saturated heterocycles. The second-order valence-corrected chi connectivity index (χ2v) is 5.89. The van der Waals surface area contributed by atoms with E-state index in [1.54, 1.807) is 36.4 Å². The summed E-state index contributed by atoms with van der Waals surface area (Å²) in [6, 6.07) is 10.0. The molecular formula is C21H25N3O6. The van der Waals surface area contributed by atoms with E-state index in [0.717, 1.165) is 0 Å². The standard InChI is InChI=1S/C21H25N3O6/c1-5-30-16-8-6-15(7-9-16)21(26)22-13-19(25)24-23-12-14-10-17(27-2)20(29-4)18(11-14)28-3/h6-12H,5,13H2,1-4H3,(H,22,26)(H,24,25). The fourth-order valence-electron chi connectivity index (χ4n) is 2.53. The largest absolute Gasteiger partial charge is 0.494 e. The Bertz CT molecular complexity index is 871. The lowest BCUT2D eigenvalue weighted by atomic mass is 10.2. The molecule has 0 spiro atoms. The SMILES string of the molecule is CCOc1ccc(C(=O)NCC(=O)NN=Cc2cc(OC)c(OC)c(OC)c2)cc1. The highest BCUT2D eigenvalue weighted by atomic mass is 16.5. The van der Waals surface area contributed by atoms with Crippen molar-refractivity contribution in [3.05, 3.63) is 47.5 Å². The third-order valence-corrected chi connectivity index (χ3v) is 3.93. The molecule has 0 bridgehead atoms. The zero-order chi connectivity index (χ0) is 21.9. The summed E-state index contributed by atoms with van der Waals surface area (Å²) in [5.74, 6) is 1.21. The van der Waals surface area contributed by atoms with Gasteiger partial charge < -0.3 is 24.3 Å². The van der Waals surface area contributed by atoms with Crippen molar-refractivity contribution in [2.24, 2.45) is 5.10 Å². The zero-order valence-electron chi connectivity index (χ0n) is 17.4. The summed E-state index contributed by atoms with van der Waals surface area (Å²) in [7, 11) is 4.52. The van der Waals surface area contributed by atoms with Gasteiger partial charge in [-0.25, -0.2) is 5.43 Å². The van der Waals surface area contributed by atoms with Crippen LogP contribution in [0, 0.1) is 0 Å². The number of amides is 2. The number of hydrogen-bond acceptors (Lipinski definition) is 7. The third-order valence-electron chi connectivity index (χ3n) is 3.93. The van der Waals surface area contributed by atoms with Crippen molar-refractivity contribution in [3.63, 3.8) is 0 Å². The smallest absolute Gasteiger partial charge is 0.259 e. The quantitative estimate of drug-likeness (QED) is 0.454. The summed E-state index contributed by atoms with van der Waals surface area (Å²) < 4.78 is 21.1. The Hall–Kier alpha value is -3.75. The summed E-state index contributed by atoms with van der Waals surface area (Å²) in [6.07, 6.45) is 1.43. The second kappa shape index (κ2) is 11.3. The Balaban J connectivity index is 1.89. The summed E-state index contributed by atoms with van der Waals surface area (Å²) in [5, 5.41) is 6.41. The summed E-state index contributed by atoms with van der Waals surface area (Å²) in [5.41, 5.74) is 3.40. The van der Waals surface area contributed by atoms with Crippen molar-refractivity contribution in [2.75, 3.05) is 34.5 Å². The van der Waals surface area contributed by atoms with Crippen LogP contribution < -0.4 is 29.7 Å². The molecule has 0 atom stereocenters. The average Bonchev–Trinajstić information content (AvgIpc) is 2.77. The lowest BCUT2D eigenvalue weighted by Crippen LogP contribution is -2.34. The maximum absolute atomic E-state index is 12.1. The van der Waals surface area contributed by atoms with Crippen molar-refractivity contribution in [3.8, 4) is 23.0 Å². The van der Waals surface area contributed by atoms with Crippen LogP contribution in [-0.4, -0.2) is 52.5 Å². The highest BCUT2D eigenvalue weighted by Gasteiger charge is 2.12. The van der Waals surface area contributed by atoms with Gasteiger partial charge in [0.05, 0.1) is 40.7 Å². The fraction of sp³-hybridized carbons (Fsp3) is 0.286. The average molecular weight is 415 g/mol. The van der Waals surface area contributed by atoms with E-state index in [4.69, 9.17) is 18.9 Å². The Kier molecular flexibility index (Phi) is 8.49. The van der Waals surface area contributed by atoms with E-state index < -0.39 is 5.91 Å². The summed E-state index contributed by atoms with van der Waals surface area (Å²) >= 11 is 0. The van der Waals surface area contributed by atoms with Crippen molar-refractivity contribution >= 4 is 18.0 Å². The van der Waals surface area contributed by atoms with Crippen LogP contribution >= 0.6 is 0 Å². The van der Waals surface area contributed by atoms with Crippen LogP contribution in [0.4, 0.5) is 0 Å². The van der Waals surface area contributed by atoms with E-state index in [9.17, 15) is 9.59 Å². The van der Waals surface area contributed by atoms with Gasteiger partial charge >= 0.3 is 0 Å². The van der Waals surface area contributed by atoms with Gasteiger partial charge in [0.15, 0.2) is 11.5 Å². The highest BCUT2D eigenvalue weighted by Crippen LogP contribution is 2.37. The van der Waals surface area contributed by atoms with Crippen LogP contribution in [0.15, 0.2) is 41.5 Å². The number of hydrogen-bond donors (Lipinski definition) is 2. The first-order chi connectivity index (χ1) is 14.5. The zero-order valence-corrected chi connectivity index (χ0v) is 17.4. The molecule has 9 heteroatoms. The number of benzene rings is 2. The lowest BCUT2D eigenvalue weighted by Gasteiger charge is -2.12. The predicted molar refractivity (Wildman–Crippen MR) is 112 cm³/mol. The van der Waals surface area contributed by atoms with Gasteiger partial charge in [-0.2, -0.15) is 5.10 Å². The van der Waals surface area contributed by atoms with E-state index >= 15 is 0 Å². The molecule has 160 valence electrons. The molecule has 0 radical (unpaired) electrons. The molecule has 0 aliphatic carbocycles. The van der Waals surface area contributed by atoms with E-state index in [1.165, 1.54) is 27.5 Å². The topological polar surface area (TPSA) is 107 Å². The van der Waals surface area contributed by atoms with Gasteiger partial charge in [0.25, 0.3) is 11.8 Å². The van der Waals surface area contributed by atoms with Crippen molar-refractivity contribution in [2.45, 2.75) is 6.92 Å². The molecule has 0 fully saturated rings. The van der Waals surface area contributed by atoms with Crippen LogP contribution in [0.1, 0.15) is 22.8 Å². The molecule has 2 aromatic carbocycles. The van der Waals surface area contributed by atoms with Crippen LogP contribution in [-0.2, 0) is 4.79 Å². The lowest BCUT2D eigenvalue weighted by molar-refractivity contribution is -0.120. The number of ether oxygens (including phenoxy) is 4. The highest BCUT2D eigenvalue weighted by molar-refractivity contribution is 5.96. The van der Waals surface area contributed by atoms with Crippen LogP contribution in [0.25, 0.3) is 0 Å². The Morgan fingerprint density at radius 1 is 1.00 bits per heavy atom. The fourth-order valence-corrected chi connectivity index (χ4v) is 2.53. The summed E-state index contributed by atoms with van der Waals surface area (Å²) in [4.78, 5) is 24.0. The number of nitrogens with zero attached hydrogens (tertiary/aromatic N) is 1. The normalized spacial score (nSPS) is 10.4. The van der Waals surface area contributed by atoms with Gasteiger partial charge in [-0.1, -0.05) is 0 Å². The molecule has 2 amide bonds. The Labute approximate surface area is 175 Å². The minimum Gasteiger partial charge on any atom is -0.494 e. The van der Waals surface area contributed by atoms with Gasteiger partial charge in [0.2, 0.25) is 5.75 Å². The first-order valence-corrected chi connectivity index (χ1v) is 9.15. The minimum atomic E-state index is -0.474. The number of carbonyl (C=O) groups is 2. The first kappa shape index (κ1) is 22.5. The molecular weight excluding hydrogens is 390 g/mol. The van der Waals surface area contributed by atoms with Gasteiger partial charge in [-0.3, -0.25) is 9.59 Å².